The first kappa shape index (κ1) is 17.8. The fraction of sp³-hybridized carbons (Fsp3) is 0.429. The lowest BCUT2D eigenvalue weighted by molar-refractivity contribution is -0.140. The molecule has 1 atom stereocenters. The van der Waals surface area contributed by atoms with Crippen molar-refractivity contribution in [1.29, 1.82) is 0 Å². The van der Waals surface area contributed by atoms with Crippen molar-refractivity contribution in [2.75, 3.05) is 11.9 Å². The van der Waals surface area contributed by atoms with Crippen LogP contribution in [0.5, 0.6) is 0 Å². The Morgan fingerprint density at radius 1 is 1.29 bits per heavy atom. The van der Waals surface area contributed by atoms with Gasteiger partial charge in [0.2, 0.25) is 5.91 Å². The van der Waals surface area contributed by atoms with E-state index in [4.69, 9.17) is 28.3 Å². The van der Waals surface area contributed by atoms with Gasteiger partial charge >= 0.3 is 5.97 Å². The summed E-state index contributed by atoms with van der Waals surface area (Å²) in [7, 11) is 0. The van der Waals surface area contributed by atoms with Gasteiger partial charge in [-0.3, -0.25) is 9.59 Å². The molecule has 0 heterocycles. The summed E-state index contributed by atoms with van der Waals surface area (Å²) < 4.78 is 0. The molecule has 21 heavy (non-hydrogen) atoms. The zero-order valence-corrected chi connectivity index (χ0v) is 13.3. The summed E-state index contributed by atoms with van der Waals surface area (Å²) in [6.45, 7) is 3.87. The van der Waals surface area contributed by atoms with E-state index in [0.29, 0.717) is 15.7 Å². The highest BCUT2D eigenvalue weighted by Crippen LogP contribution is 2.25. The molecule has 0 saturated heterocycles. The molecule has 0 fully saturated rings. The Hall–Kier alpha value is -1.30. The molecule has 1 aromatic rings. The number of carboxylic acids is 1. The summed E-state index contributed by atoms with van der Waals surface area (Å²) >= 11 is 11.8. The number of nitrogens with one attached hydrogen (secondary N) is 2. The summed E-state index contributed by atoms with van der Waals surface area (Å²) in [6, 6.07) is 4.11. The first-order valence-corrected chi connectivity index (χ1v) is 7.28. The Labute approximate surface area is 133 Å². The maximum absolute atomic E-state index is 11.8. The number of amides is 1. The van der Waals surface area contributed by atoms with Gasteiger partial charge < -0.3 is 15.7 Å². The molecule has 1 unspecified atom stereocenters. The van der Waals surface area contributed by atoms with Crippen molar-refractivity contribution >= 4 is 40.8 Å². The van der Waals surface area contributed by atoms with Crippen LogP contribution in [0.3, 0.4) is 0 Å². The highest BCUT2D eigenvalue weighted by molar-refractivity contribution is 6.35. The SMILES string of the molecule is CC(C)C(NCCC(=O)Nc1cc(Cl)ccc1Cl)C(=O)O. The Morgan fingerprint density at radius 3 is 2.52 bits per heavy atom. The van der Waals surface area contributed by atoms with E-state index < -0.39 is 12.0 Å². The molecule has 7 heteroatoms. The Morgan fingerprint density at radius 2 is 1.95 bits per heavy atom. The van der Waals surface area contributed by atoms with Crippen molar-refractivity contribution in [3.63, 3.8) is 0 Å². The smallest absolute Gasteiger partial charge is 0.320 e. The molecule has 0 bridgehead atoms. The van der Waals surface area contributed by atoms with E-state index in [1.807, 2.05) is 0 Å². The maximum atomic E-state index is 11.8. The van der Waals surface area contributed by atoms with Crippen LogP contribution in [0.25, 0.3) is 0 Å². The molecule has 0 saturated carbocycles. The minimum Gasteiger partial charge on any atom is -0.480 e. The van der Waals surface area contributed by atoms with E-state index in [1.54, 1.807) is 32.0 Å². The van der Waals surface area contributed by atoms with Crippen LogP contribution in [0.15, 0.2) is 18.2 Å². The molecular formula is C14H18Cl2N2O3. The average molecular weight is 333 g/mol. The highest BCUT2D eigenvalue weighted by Gasteiger charge is 2.20. The zero-order valence-electron chi connectivity index (χ0n) is 11.8. The second-order valence-electron chi connectivity index (χ2n) is 4.94. The number of hydrogen-bond donors (Lipinski definition) is 3. The van der Waals surface area contributed by atoms with E-state index in [0.717, 1.165) is 0 Å². The Bertz CT molecular complexity index is 521. The first-order chi connectivity index (χ1) is 9.81. The number of halogens is 2. The van der Waals surface area contributed by atoms with Crippen molar-refractivity contribution < 1.29 is 14.7 Å². The molecule has 0 aromatic heterocycles. The minimum atomic E-state index is -0.928. The van der Waals surface area contributed by atoms with Gasteiger partial charge in [0.1, 0.15) is 6.04 Å². The Kier molecular flexibility index (Phi) is 6.95. The number of anilines is 1. The average Bonchev–Trinajstić information content (AvgIpc) is 2.38. The lowest BCUT2D eigenvalue weighted by Gasteiger charge is -2.17. The van der Waals surface area contributed by atoms with Gasteiger partial charge in [-0.15, -0.1) is 0 Å². The number of carbonyl (C=O) groups excluding carboxylic acids is 1. The van der Waals surface area contributed by atoms with Crippen LogP contribution in [0, 0.1) is 5.92 Å². The number of aliphatic carboxylic acids is 1. The second-order valence-corrected chi connectivity index (χ2v) is 5.78. The summed E-state index contributed by atoms with van der Waals surface area (Å²) in [5.74, 6) is -1.25. The van der Waals surface area contributed by atoms with E-state index in [2.05, 4.69) is 10.6 Å². The van der Waals surface area contributed by atoms with Gasteiger partial charge in [-0.25, -0.2) is 0 Å². The van der Waals surface area contributed by atoms with Crippen LogP contribution in [-0.2, 0) is 9.59 Å². The van der Waals surface area contributed by atoms with Crippen LogP contribution in [0.1, 0.15) is 20.3 Å². The molecule has 1 rings (SSSR count). The van der Waals surface area contributed by atoms with Crippen molar-refractivity contribution in [1.82, 2.24) is 5.32 Å². The molecule has 0 aliphatic heterocycles. The van der Waals surface area contributed by atoms with Gasteiger partial charge in [-0.05, 0) is 24.1 Å². The van der Waals surface area contributed by atoms with Crippen molar-refractivity contribution in [3.05, 3.63) is 28.2 Å². The maximum Gasteiger partial charge on any atom is 0.320 e. The molecule has 3 N–H and O–H groups in total. The highest BCUT2D eigenvalue weighted by atomic mass is 35.5. The van der Waals surface area contributed by atoms with Gasteiger partial charge in [0, 0.05) is 18.0 Å². The molecule has 5 nitrogen and oxygen atoms in total. The third-order valence-electron chi connectivity index (χ3n) is 2.85. The fourth-order valence-electron chi connectivity index (χ4n) is 1.76. The largest absolute Gasteiger partial charge is 0.480 e. The molecule has 1 aromatic carbocycles. The molecular weight excluding hydrogens is 315 g/mol. The van der Waals surface area contributed by atoms with E-state index in [-0.39, 0.29) is 24.8 Å². The van der Waals surface area contributed by atoms with Crippen molar-refractivity contribution in [2.24, 2.45) is 5.92 Å². The van der Waals surface area contributed by atoms with Crippen molar-refractivity contribution in [2.45, 2.75) is 26.3 Å². The number of rotatable bonds is 7. The number of benzene rings is 1. The van der Waals surface area contributed by atoms with Crippen LogP contribution >= 0.6 is 23.2 Å². The van der Waals surface area contributed by atoms with Crippen LogP contribution < -0.4 is 10.6 Å². The summed E-state index contributed by atoms with van der Waals surface area (Å²) in [5, 5.41) is 15.4. The first-order valence-electron chi connectivity index (χ1n) is 6.52. The standard InChI is InChI=1S/C14H18Cl2N2O3/c1-8(2)13(14(20)21)17-6-5-12(19)18-11-7-9(15)3-4-10(11)16/h3-4,7-8,13,17H,5-6H2,1-2H3,(H,18,19)(H,20,21). The quantitative estimate of drug-likeness (QED) is 0.717. The van der Waals surface area contributed by atoms with Gasteiger partial charge in [0.25, 0.3) is 0 Å². The Balaban J connectivity index is 2.48. The number of hydrogen-bond acceptors (Lipinski definition) is 3. The van der Waals surface area contributed by atoms with Gasteiger partial charge in [0.05, 0.1) is 10.7 Å². The molecule has 0 aliphatic rings. The van der Waals surface area contributed by atoms with Crippen LogP contribution in [-0.4, -0.2) is 29.6 Å². The van der Waals surface area contributed by atoms with Crippen molar-refractivity contribution in [3.8, 4) is 0 Å². The summed E-state index contributed by atoms with van der Waals surface area (Å²) in [5.41, 5.74) is 0.438. The zero-order chi connectivity index (χ0) is 16.0. The van der Waals surface area contributed by atoms with E-state index in [9.17, 15) is 9.59 Å². The van der Waals surface area contributed by atoms with Gasteiger partial charge in [-0.1, -0.05) is 37.0 Å². The molecule has 116 valence electrons. The number of carbonyl (C=O) groups is 2. The lowest BCUT2D eigenvalue weighted by Crippen LogP contribution is -2.42. The van der Waals surface area contributed by atoms with E-state index in [1.165, 1.54) is 0 Å². The normalized spacial score (nSPS) is 12.2. The van der Waals surface area contributed by atoms with Crippen LogP contribution in [0.2, 0.25) is 10.0 Å². The fourth-order valence-corrected chi connectivity index (χ4v) is 2.09. The predicted octanol–water partition coefficient (Wildman–Crippen LogP) is 3.02. The third-order valence-corrected chi connectivity index (χ3v) is 3.42. The molecule has 0 spiro atoms. The molecule has 0 radical (unpaired) electrons. The van der Waals surface area contributed by atoms with Gasteiger partial charge in [0.15, 0.2) is 0 Å². The van der Waals surface area contributed by atoms with E-state index >= 15 is 0 Å². The minimum absolute atomic E-state index is 0.0621. The van der Waals surface area contributed by atoms with Gasteiger partial charge in [-0.2, -0.15) is 0 Å². The second kappa shape index (κ2) is 8.22. The molecule has 1 amide bonds. The topological polar surface area (TPSA) is 78.4 Å². The summed E-state index contributed by atoms with van der Waals surface area (Å²) in [4.78, 5) is 22.8. The summed E-state index contributed by atoms with van der Waals surface area (Å²) in [6.07, 6.45) is 0.138. The molecule has 0 aliphatic carbocycles. The lowest BCUT2D eigenvalue weighted by atomic mass is 10.0. The predicted molar refractivity (Wildman–Crippen MR) is 84.0 cm³/mol. The third kappa shape index (κ3) is 5.91. The number of carboxylic acid groups (broad SMARTS) is 1. The monoisotopic (exact) mass is 332 g/mol. The van der Waals surface area contributed by atoms with Crippen LogP contribution in [0.4, 0.5) is 5.69 Å².